The molecule has 0 aliphatic rings. The van der Waals surface area contributed by atoms with E-state index in [-0.39, 0.29) is 23.3 Å². The monoisotopic (exact) mass is 643 g/mol. The van der Waals surface area contributed by atoms with Crippen molar-refractivity contribution in [3.63, 3.8) is 0 Å². The zero-order chi connectivity index (χ0) is 30.2. The third-order valence-corrected chi connectivity index (χ3v) is 8.76. The Morgan fingerprint density at radius 3 is 2.10 bits per heavy atom. The number of nitrogens with zero attached hydrogens (tertiary/aromatic N) is 2. The van der Waals surface area contributed by atoms with Gasteiger partial charge in [-0.05, 0) is 80.8 Å². The van der Waals surface area contributed by atoms with Crippen LogP contribution in [0, 0.1) is 12.8 Å². The van der Waals surface area contributed by atoms with E-state index in [1.807, 2.05) is 52.0 Å². The van der Waals surface area contributed by atoms with Crippen molar-refractivity contribution in [3.8, 4) is 5.75 Å². The molecule has 3 rings (SSSR count). The SMILES string of the molecule is CCOc1ccc(N(CC(=O)N(Cc2ccc(Br)cc2)C(C)C(=O)NCC(C)C)S(=O)(=O)c2ccc(C)cc2)cc1. The lowest BCUT2D eigenvalue weighted by Gasteiger charge is -2.32. The smallest absolute Gasteiger partial charge is 0.264 e. The van der Waals surface area contributed by atoms with Gasteiger partial charge in [-0.1, -0.05) is 59.6 Å². The van der Waals surface area contributed by atoms with Crippen LogP contribution in [0.3, 0.4) is 0 Å². The number of ether oxygens (including phenoxy) is 1. The molecule has 0 radical (unpaired) electrons. The van der Waals surface area contributed by atoms with Crippen LogP contribution in [0.2, 0.25) is 0 Å². The topological polar surface area (TPSA) is 96.0 Å². The van der Waals surface area contributed by atoms with Gasteiger partial charge in [0.1, 0.15) is 18.3 Å². The van der Waals surface area contributed by atoms with Gasteiger partial charge in [0.25, 0.3) is 10.0 Å². The average Bonchev–Trinajstić information content (AvgIpc) is 2.94. The number of aryl methyl sites for hydroxylation is 1. The zero-order valence-electron chi connectivity index (χ0n) is 24.1. The minimum absolute atomic E-state index is 0.0620. The van der Waals surface area contributed by atoms with Crippen LogP contribution in [0.15, 0.2) is 82.2 Å². The van der Waals surface area contributed by atoms with E-state index in [0.717, 1.165) is 19.9 Å². The highest BCUT2D eigenvalue weighted by atomic mass is 79.9. The van der Waals surface area contributed by atoms with Crippen LogP contribution in [0.25, 0.3) is 0 Å². The summed E-state index contributed by atoms with van der Waals surface area (Å²) >= 11 is 3.42. The molecule has 3 aromatic rings. The summed E-state index contributed by atoms with van der Waals surface area (Å²) in [5.74, 6) is 0.00186. The largest absolute Gasteiger partial charge is 0.494 e. The molecule has 0 aromatic heterocycles. The van der Waals surface area contributed by atoms with Gasteiger partial charge in [0.15, 0.2) is 0 Å². The van der Waals surface area contributed by atoms with Crippen LogP contribution in [0.5, 0.6) is 5.75 Å². The minimum Gasteiger partial charge on any atom is -0.494 e. The van der Waals surface area contributed by atoms with E-state index in [4.69, 9.17) is 4.74 Å². The molecule has 1 unspecified atom stereocenters. The van der Waals surface area contributed by atoms with E-state index in [2.05, 4.69) is 21.2 Å². The second-order valence-electron chi connectivity index (χ2n) is 10.2. The maximum atomic E-state index is 14.0. The van der Waals surface area contributed by atoms with Crippen molar-refractivity contribution < 1.29 is 22.7 Å². The van der Waals surface area contributed by atoms with Gasteiger partial charge in [-0.3, -0.25) is 13.9 Å². The number of nitrogens with one attached hydrogen (secondary N) is 1. The van der Waals surface area contributed by atoms with Gasteiger partial charge in [-0.15, -0.1) is 0 Å². The summed E-state index contributed by atoms with van der Waals surface area (Å²) in [4.78, 5) is 28.6. The normalized spacial score (nSPS) is 12.1. The van der Waals surface area contributed by atoms with Gasteiger partial charge in [-0.2, -0.15) is 0 Å². The number of amides is 2. The fourth-order valence-corrected chi connectivity index (χ4v) is 5.74. The molecule has 1 atom stereocenters. The third-order valence-electron chi connectivity index (χ3n) is 6.44. The van der Waals surface area contributed by atoms with E-state index in [0.29, 0.717) is 24.6 Å². The first-order chi connectivity index (χ1) is 19.4. The van der Waals surface area contributed by atoms with Gasteiger partial charge in [0, 0.05) is 17.6 Å². The Bertz CT molecular complexity index is 1410. The van der Waals surface area contributed by atoms with E-state index >= 15 is 0 Å². The molecular formula is C31H38BrN3O5S. The number of rotatable bonds is 13. The average molecular weight is 645 g/mol. The van der Waals surface area contributed by atoms with Crippen LogP contribution in [0.4, 0.5) is 5.69 Å². The van der Waals surface area contributed by atoms with Crippen molar-refractivity contribution in [1.82, 2.24) is 10.2 Å². The Morgan fingerprint density at radius 1 is 0.927 bits per heavy atom. The lowest BCUT2D eigenvalue weighted by molar-refractivity contribution is -0.139. The van der Waals surface area contributed by atoms with Gasteiger partial charge < -0.3 is 15.0 Å². The van der Waals surface area contributed by atoms with Crippen molar-refractivity contribution >= 4 is 43.5 Å². The highest BCUT2D eigenvalue weighted by molar-refractivity contribution is 9.10. The zero-order valence-corrected chi connectivity index (χ0v) is 26.5. The van der Waals surface area contributed by atoms with Crippen LogP contribution in [-0.4, -0.2) is 50.9 Å². The molecule has 41 heavy (non-hydrogen) atoms. The summed E-state index contributed by atoms with van der Waals surface area (Å²) in [6.45, 7) is 9.92. The molecule has 0 heterocycles. The van der Waals surface area contributed by atoms with E-state index in [1.54, 1.807) is 43.3 Å². The van der Waals surface area contributed by atoms with Crippen molar-refractivity contribution in [2.24, 2.45) is 5.92 Å². The molecule has 0 fully saturated rings. The second kappa shape index (κ2) is 14.5. The number of halogens is 1. The molecule has 0 saturated heterocycles. The highest BCUT2D eigenvalue weighted by Crippen LogP contribution is 2.27. The fourth-order valence-electron chi connectivity index (χ4n) is 4.06. The quantitative estimate of drug-likeness (QED) is 0.264. The summed E-state index contributed by atoms with van der Waals surface area (Å²) in [7, 11) is -4.13. The van der Waals surface area contributed by atoms with Crippen molar-refractivity contribution in [3.05, 3.63) is 88.4 Å². The molecule has 220 valence electrons. The fraction of sp³-hybridized carbons (Fsp3) is 0.355. The maximum Gasteiger partial charge on any atom is 0.264 e. The van der Waals surface area contributed by atoms with Crippen molar-refractivity contribution in [2.45, 2.75) is 52.1 Å². The van der Waals surface area contributed by atoms with Gasteiger partial charge in [-0.25, -0.2) is 8.42 Å². The van der Waals surface area contributed by atoms with Gasteiger partial charge in [0.05, 0.1) is 17.2 Å². The predicted octanol–water partition coefficient (Wildman–Crippen LogP) is 5.54. The Hall–Kier alpha value is -3.37. The molecule has 0 bridgehead atoms. The summed E-state index contributed by atoms with van der Waals surface area (Å²) < 4.78 is 35.4. The lowest BCUT2D eigenvalue weighted by atomic mass is 10.1. The van der Waals surface area contributed by atoms with Gasteiger partial charge >= 0.3 is 0 Å². The molecule has 1 N–H and O–H groups in total. The second-order valence-corrected chi connectivity index (χ2v) is 13.0. The van der Waals surface area contributed by atoms with E-state index < -0.39 is 28.5 Å². The number of anilines is 1. The Balaban J connectivity index is 2.01. The molecular weight excluding hydrogens is 606 g/mol. The first-order valence-corrected chi connectivity index (χ1v) is 15.8. The highest BCUT2D eigenvalue weighted by Gasteiger charge is 2.32. The number of carbonyl (C=O) groups excluding carboxylic acids is 2. The molecule has 0 saturated carbocycles. The van der Waals surface area contributed by atoms with Crippen LogP contribution in [0.1, 0.15) is 38.8 Å². The standard InChI is InChI=1S/C31H38BrN3O5S/c1-6-40-28-15-13-27(14-16-28)35(41(38,39)29-17-7-23(4)8-18-29)21-30(36)34(20-25-9-11-26(32)12-10-25)24(5)31(37)33-19-22(2)3/h7-18,22,24H,6,19-21H2,1-5H3,(H,33,37). The third kappa shape index (κ3) is 8.81. The summed E-state index contributed by atoms with van der Waals surface area (Å²) in [6.07, 6.45) is 0. The molecule has 10 heteroatoms. The molecule has 0 spiro atoms. The molecule has 8 nitrogen and oxygen atoms in total. The van der Waals surface area contributed by atoms with Crippen molar-refractivity contribution in [1.29, 1.82) is 0 Å². The number of hydrogen-bond acceptors (Lipinski definition) is 5. The minimum atomic E-state index is -4.13. The Labute approximate surface area is 251 Å². The van der Waals surface area contributed by atoms with Crippen molar-refractivity contribution in [2.75, 3.05) is 24.0 Å². The molecule has 3 aromatic carbocycles. The Kier molecular flexibility index (Phi) is 11.4. The number of benzene rings is 3. The van der Waals surface area contributed by atoms with E-state index in [9.17, 15) is 18.0 Å². The first-order valence-electron chi connectivity index (χ1n) is 13.6. The first kappa shape index (κ1) is 32.1. The van der Waals surface area contributed by atoms with Gasteiger partial charge in [0.2, 0.25) is 11.8 Å². The molecule has 0 aliphatic heterocycles. The van der Waals surface area contributed by atoms with E-state index in [1.165, 1.54) is 17.0 Å². The number of sulfonamides is 1. The number of hydrogen-bond donors (Lipinski definition) is 1. The Morgan fingerprint density at radius 2 is 1.54 bits per heavy atom. The van der Waals surface area contributed by atoms with Crippen LogP contribution in [-0.2, 0) is 26.2 Å². The molecule has 0 aliphatic carbocycles. The predicted molar refractivity (Wildman–Crippen MR) is 165 cm³/mol. The lowest BCUT2D eigenvalue weighted by Crippen LogP contribution is -2.51. The van der Waals surface area contributed by atoms with Crippen LogP contribution < -0.4 is 14.4 Å². The summed E-state index contributed by atoms with van der Waals surface area (Å²) in [6, 6.07) is 19.6. The van der Waals surface area contributed by atoms with Crippen LogP contribution >= 0.6 is 15.9 Å². The number of carbonyl (C=O) groups is 2. The summed E-state index contributed by atoms with van der Waals surface area (Å²) in [5.41, 5.74) is 2.02. The summed E-state index contributed by atoms with van der Waals surface area (Å²) in [5, 5.41) is 2.89. The maximum absolute atomic E-state index is 14.0. The molecule has 2 amide bonds.